The minimum atomic E-state index is -0.208. The summed E-state index contributed by atoms with van der Waals surface area (Å²) in [7, 11) is 0. The number of likely N-dealkylation sites (tertiary alicyclic amines) is 1. The number of carbonyl (C=O) groups excluding carboxylic acids is 1. The molecule has 38 heavy (non-hydrogen) atoms. The van der Waals surface area contributed by atoms with Crippen LogP contribution in [-0.4, -0.2) is 48.6 Å². The molecule has 2 N–H and O–H groups in total. The summed E-state index contributed by atoms with van der Waals surface area (Å²) in [6.45, 7) is 8.56. The molecule has 6 rings (SSSR count). The lowest BCUT2D eigenvalue weighted by Gasteiger charge is -2.33. The van der Waals surface area contributed by atoms with Gasteiger partial charge >= 0.3 is 0 Å². The average Bonchev–Trinajstić information content (AvgIpc) is 3.69. The van der Waals surface area contributed by atoms with Gasteiger partial charge in [-0.3, -0.25) is 4.79 Å². The Morgan fingerprint density at radius 3 is 2.68 bits per heavy atom. The molecule has 3 aromatic heterocycles. The van der Waals surface area contributed by atoms with Crippen molar-refractivity contribution in [3.05, 3.63) is 78.2 Å². The minimum Gasteiger partial charge on any atom is -0.439 e. The van der Waals surface area contributed by atoms with Crippen LogP contribution in [0.25, 0.3) is 27.1 Å². The molecule has 190 valence electrons. The van der Waals surface area contributed by atoms with E-state index in [4.69, 9.17) is 22.1 Å². The van der Waals surface area contributed by atoms with Crippen molar-refractivity contribution in [2.45, 2.75) is 31.7 Å². The van der Waals surface area contributed by atoms with Crippen LogP contribution in [0.15, 0.2) is 66.8 Å². The minimum absolute atomic E-state index is 0.111. The zero-order valence-electron chi connectivity index (χ0n) is 20.7. The smallest absolute Gasteiger partial charge is 0.252 e. The van der Waals surface area contributed by atoms with Gasteiger partial charge in [-0.15, -0.1) is 0 Å². The number of amides is 1. The molecular formula is C28H26N8O2. The lowest BCUT2D eigenvalue weighted by atomic mass is 10.1. The quantitative estimate of drug-likeness (QED) is 0.299. The van der Waals surface area contributed by atoms with Crippen molar-refractivity contribution in [1.82, 2.24) is 29.6 Å². The van der Waals surface area contributed by atoms with Crippen LogP contribution in [0.5, 0.6) is 11.6 Å². The highest BCUT2D eigenvalue weighted by Crippen LogP contribution is 2.35. The standard InChI is InChI=1S/C28H26N8O2/c1-30-22(14-18-9-10-18)28(37)35-13-5-6-20(16-35)36-27-24(26(29)32-17-33-27)25(34-36)19-11-12-23(31-15-19)38-21-7-3-2-4-8-21/h2-4,7-8,11-12,14-15,17-18,20H,5-6,9-10,13,16H2,(H2,29,32,33)/b22-14-/t20-/m1/s1. The second kappa shape index (κ2) is 9.94. The zero-order valence-corrected chi connectivity index (χ0v) is 20.7. The maximum atomic E-state index is 13.1. The van der Waals surface area contributed by atoms with Crippen molar-refractivity contribution in [2.75, 3.05) is 18.8 Å². The Morgan fingerprint density at radius 1 is 1.11 bits per heavy atom. The molecule has 0 unspecified atom stereocenters. The van der Waals surface area contributed by atoms with Gasteiger partial charge in [-0.2, -0.15) is 5.10 Å². The molecule has 2 aliphatic rings. The number of piperidine rings is 1. The van der Waals surface area contributed by atoms with Gasteiger partial charge in [0.15, 0.2) is 5.65 Å². The van der Waals surface area contributed by atoms with Gasteiger partial charge in [0.05, 0.1) is 18.0 Å². The predicted molar refractivity (Wildman–Crippen MR) is 142 cm³/mol. The van der Waals surface area contributed by atoms with Crippen LogP contribution >= 0.6 is 0 Å². The van der Waals surface area contributed by atoms with Crippen LogP contribution < -0.4 is 10.5 Å². The lowest BCUT2D eigenvalue weighted by molar-refractivity contribution is -0.128. The molecule has 1 aliphatic heterocycles. The number of fused-ring (bicyclic) bond motifs is 1. The van der Waals surface area contributed by atoms with E-state index in [1.165, 1.54) is 6.33 Å². The van der Waals surface area contributed by atoms with Gasteiger partial charge in [0, 0.05) is 30.9 Å². The summed E-state index contributed by atoms with van der Waals surface area (Å²) >= 11 is 0. The number of ether oxygens (including phenoxy) is 1. The summed E-state index contributed by atoms with van der Waals surface area (Å²) in [6, 6.07) is 13.0. The number of nitrogens with two attached hydrogens (primary N) is 1. The number of pyridine rings is 1. The van der Waals surface area contributed by atoms with E-state index in [1.54, 1.807) is 17.2 Å². The van der Waals surface area contributed by atoms with E-state index in [-0.39, 0.29) is 17.6 Å². The van der Waals surface area contributed by atoms with Crippen molar-refractivity contribution in [2.24, 2.45) is 5.92 Å². The van der Waals surface area contributed by atoms with E-state index in [0.717, 1.165) is 31.2 Å². The van der Waals surface area contributed by atoms with Crippen molar-refractivity contribution in [1.29, 1.82) is 0 Å². The predicted octanol–water partition coefficient (Wildman–Crippen LogP) is 4.64. The number of aromatic nitrogens is 5. The number of hydrogen-bond donors (Lipinski definition) is 1. The molecule has 0 bridgehead atoms. The van der Waals surface area contributed by atoms with Crippen LogP contribution in [0.4, 0.5) is 5.82 Å². The Balaban J connectivity index is 1.30. The van der Waals surface area contributed by atoms with Crippen LogP contribution in [0.1, 0.15) is 31.7 Å². The van der Waals surface area contributed by atoms with Crippen LogP contribution in [0.2, 0.25) is 0 Å². The molecule has 1 aliphatic carbocycles. The molecule has 1 aromatic carbocycles. The Bertz CT molecular complexity index is 1550. The second-order valence-corrected chi connectivity index (χ2v) is 9.60. The highest BCUT2D eigenvalue weighted by atomic mass is 16.5. The molecule has 1 amide bonds. The number of carbonyl (C=O) groups is 1. The summed E-state index contributed by atoms with van der Waals surface area (Å²) in [5.74, 6) is 1.64. The van der Waals surface area contributed by atoms with Crippen LogP contribution in [0, 0.1) is 12.5 Å². The van der Waals surface area contributed by atoms with Gasteiger partial charge in [-0.25, -0.2) is 24.5 Å². The first-order valence-electron chi connectivity index (χ1n) is 12.7. The van der Waals surface area contributed by atoms with E-state index in [1.807, 2.05) is 47.2 Å². The van der Waals surface area contributed by atoms with Crippen molar-refractivity contribution < 1.29 is 9.53 Å². The first-order valence-corrected chi connectivity index (χ1v) is 12.7. The maximum Gasteiger partial charge on any atom is 0.252 e. The normalized spacial score (nSPS) is 17.8. The van der Waals surface area contributed by atoms with E-state index in [9.17, 15) is 4.79 Å². The number of rotatable bonds is 6. The topological polar surface area (TPSA) is 116 Å². The van der Waals surface area contributed by atoms with Gasteiger partial charge in [-0.1, -0.05) is 24.3 Å². The highest BCUT2D eigenvalue weighted by Gasteiger charge is 2.31. The van der Waals surface area contributed by atoms with E-state index in [0.29, 0.717) is 53.2 Å². The molecule has 10 heteroatoms. The Morgan fingerprint density at radius 2 is 1.95 bits per heavy atom. The molecule has 4 heterocycles. The average molecular weight is 507 g/mol. The fourth-order valence-electron chi connectivity index (χ4n) is 4.79. The number of anilines is 1. The van der Waals surface area contributed by atoms with Gasteiger partial charge in [0.2, 0.25) is 11.6 Å². The first kappa shape index (κ1) is 23.6. The Labute approximate surface area is 219 Å². The summed E-state index contributed by atoms with van der Waals surface area (Å²) in [4.78, 5) is 31.6. The molecule has 1 saturated heterocycles. The molecule has 0 radical (unpaired) electrons. The van der Waals surface area contributed by atoms with Gasteiger partial charge in [0.25, 0.3) is 5.91 Å². The molecule has 2 fully saturated rings. The molecule has 1 atom stereocenters. The molecular weight excluding hydrogens is 480 g/mol. The van der Waals surface area contributed by atoms with Gasteiger partial charge < -0.3 is 15.4 Å². The maximum absolute atomic E-state index is 13.1. The SMILES string of the molecule is [C-]#[N+]/C(=C\C1CC1)C(=O)N1CCC[C@@H](n2nc(-c3ccc(Oc4ccccc4)nc3)c3c(N)ncnc32)C1. The van der Waals surface area contributed by atoms with Crippen molar-refractivity contribution in [3.63, 3.8) is 0 Å². The first-order chi connectivity index (χ1) is 18.6. The molecule has 10 nitrogen and oxygen atoms in total. The summed E-state index contributed by atoms with van der Waals surface area (Å²) in [6.07, 6.45) is 8.67. The number of hydrogen-bond acceptors (Lipinski definition) is 7. The second-order valence-electron chi connectivity index (χ2n) is 9.60. The van der Waals surface area contributed by atoms with Crippen LogP contribution in [0.3, 0.4) is 0 Å². The summed E-state index contributed by atoms with van der Waals surface area (Å²) < 4.78 is 7.67. The third-order valence-corrected chi connectivity index (χ3v) is 6.88. The number of allylic oxidation sites excluding steroid dienone is 1. The third-order valence-electron chi connectivity index (χ3n) is 6.88. The number of nitrogens with zero attached hydrogens (tertiary/aromatic N) is 7. The van der Waals surface area contributed by atoms with Crippen LogP contribution in [-0.2, 0) is 4.79 Å². The number of para-hydroxylation sites is 1. The van der Waals surface area contributed by atoms with Gasteiger partial charge in [0.1, 0.15) is 23.6 Å². The third kappa shape index (κ3) is 4.66. The molecule has 1 saturated carbocycles. The number of benzene rings is 1. The van der Waals surface area contributed by atoms with Crippen molar-refractivity contribution in [3.8, 4) is 22.9 Å². The fourth-order valence-corrected chi connectivity index (χ4v) is 4.79. The van der Waals surface area contributed by atoms with E-state index < -0.39 is 0 Å². The summed E-state index contributed by atoms with van der Waals surface area (Å²) in [5, 5.41) is 5.56. The van der Waals surface area contributed by atoms with E-state index in [2.05, 4.69) is 19.8 Å². The lowest BCUT2D eigenvalue weighted by Crippen LogP contribution is -2.41. The van der Waals surface area contributed by atoms with E-state index >= 15 is 0 Å². The monoisotopic (exact) mass is 506 g/mol. The van der Waals surface area contributed by atoms with Crippen molar-refractivity contribution >= 4 is 22.8 Å². The molecule has 4 aromatic rings. The largest absolute Gasteiger partial charge is 0.439 e. The molecule has 0 spiro atoms. The van der Waals surface area contributed by atoms with Gasteiger partial charge in [-0.05, 0) is 49.8 Å². The Hall–Kier alpha value is -4.78. The fraction of sp³-hybridized carbons (Fsp3) is 0.286. The highest BCUT2D eigenvalue weighted by molar-refractivity contribution is 5.98. The Kier molecular flexibility index (Phi) is 6.17. The zero-order chi connectivity index (χ0) is 26.1. The summed E-state index contributed by atoms with van der Waals surface area (Å²) in [5.41, 5.74) is 8.50. The number of nitrogen functional groups attached to an aromatic ring is 1.